The number of nitrogens with zero attached hydrogens (tertiary/aromatic N) is 2. The lowest BCUT2D eigenvalue weighted by molar-refractivity contribution is 0.0944. The van der Waals surface area contributed by atoms with Crippen molar-refractivity contribution in [2.75, 3.05) is 26.9 Å². The third-order valence-electron chi connectivity index (χ3n) is 4.30. The van der Waals surface area contributed by atoms with Crippen LogP contribution >= 0.6 is 0 Å². The molecule has 0 saturated heterocycles. The number of rotatable bonds is 10. The highest BCUT2D eigenvalue weighted by Crippen LogP contribution is 2.25. The fourth-order valence-electron chi connectivity index (χ4n) is 2.76. The van der Waals surface area contributed by atoms with Crippen LogP contribution in [0.3, 0.4) is 0 Å². The molecule has 0 unspecified atom stereocenters. The fourth-order valence-corrected chi connectivity index (χ4v) is 2.76. The number of carbonyl (C=O) groups excluding carboxylic acids is 1. The maximum atomic E-state index is 12.4. The molecule has 0 atom stereocenters. The fraction of sp³-hybridized carbons (Fsp3) is 0.261. The van der Waals surface area contributed by atoms with Gasteiger partial charge in [-0.2, -0.15) is 0 Å². The number of carbonyl (C=O) groups is 1. The van der Waals surface area contributed by atoms with Gasteiger partial charge in [-0.05, 0) is 49.7 Å². The molecular weight excluding hydrogens is 382 g/mol. The van der Waals surface area contributed by atoms with Gasteiger partial charge in [0.05, 0.1) is 12.8 Å². The van der Waals surface area contributed by atoms with Gasteiger partial charge in [0, 0.05) is 37.0 Å². The molecule has 0 fully saturated rings. The Balaban J connectivity index is 1.67. The second kappa shape index (κ2) is 10.9. The minimum Gasteiger partial charge on any atom is -0.497 e. The standard InChI is InChI=1S/C23H25N3O4/c1-3-29-13-5-12-24-23(27)18-7-4-6-17(14-18)21-15-22(26-16-25-21)30-20-10-8-19(28-2)9-11-20/h4,6-11,14-16H,3,5,12-13H2,1-2H3,(H,24,27). The number of nitrogens with one attached hydrogen (secondary N) is 1. The second-order valence-corrected chi connectivity index (χ2v) is 6.41. The first-order chi connectivity index (χ1) is 14.7. The quantitative estimate of drug-likeness (QED) is 0.510. The van der Waals surface area contributed by atoms with Crippen LogP contribution in [0, 0.1) is 0 Å². The lowest BCUT2D eigenvalue weighted by Gasteiger charge is -2.09. The summed E-state index contributed by atoms with van der Waals surface area (Å²) in [7, 11) is 1.61. The molecule has 1 N–H and O–H groups in total. The molecule has 7 heteroatoms. The molecule has 156 valence electrons. The third-order valence-corrected chi connectivity index (χ3v) is 4.30. The van der Waals surface area contributed by atoms with E-state index < -0.39 is 0 Å². The zero-order chi connectivity index (χ0) is 21.2. The van der Waals surface area contributed by atoms with Crippen molar-refractivity contribution in [2.45, 2.75) is 13.3 Å². The Bertz CT molecular complexity index is 961. The molecule has 0 spiro atoms. The normalized spacial score (nSPS) is 10.5. The summed E-state index contributed by atoms with van der Waals surface area (Å²) in [4.78, 5) is 20.9. The van der Waals surface area contributed by atoms with Gasteiger partial charge in [0.2, 0.25) is 5.88 Å². The predicted molar refractivity (Wildman–Crippen MR) is 114 cm³/mol. The summed E-state index contributed by atoms with van der Waals surface area (Å²) in [5, 5.41) is 2.90. The molecule has 1 amide bonds. The van der Waals surface area contributed by atoms with E-state index in [0.29, 0.717) is 42.6 Å². The zero-order valence-electron chi connectivity index (χ0n) is 17.1. The topological polar surface area (TPSA) is 82.6 Å². The molecule has 3 rings (SSSR count). The highest BCUT2D eigenvalue weighted by atomic mass is 16.5. The number of amides is 1. The van der Waals surface area contributed by atoms with Gasteiger partial charge < -0.3 is 19.5 Å². The summed E-state index contributed by atoms with van der Waals surface area (Å²) in [5.74, 6) is 1.67. The highest BCUT2D eigenvalue weighted by Gasteiger charge is 2.09. The van der Waals surface area contributed by atoms with E-state index in [9.17, 15) is 4.79 Å². The van der Waals surface area contributed by atoms with E-state index in [1.54, 1.807) is 37.4 Å². The van der Waals surface area contributed by atoms with E-state index in [1.165, 1.54) is 6.33 Å². The Morgan fingerprint density at radius 3 is 2.60 bits per heavy atom. The molecular formula is C23H25N3O4. The minimum atomic E-state index is -0.128. The van der Waals surface area contributed by atoms with Crippen molar-refractivity contribution in [1.29, 1.82) is 0 Å². The minimum absolute atomic E-state index is 0.128. The first-order valence-electron chi connectivity index (χ1n) is 9.80. The lowest BCUT2D eigenvalue weighted by atomic mass is 10.1. The number of ether oxygens (including phenoxy) is 3. The Labute approximate surface area is 176 Å². The van der Waals surface area contributed by atoms with Crippen LogP contribution in [0.25, 0.3) is 11.3 Å². The van der Waals surface area contributed by atoms with Crippen molar-refractivity contribution in [3.63, 3.8) is 0 Å². The van der Waals surface area contributed by atoms with Gasteiger partial charge in [0.15, 0.2) is 0 Å². The molecule has 0 aliphatic carbocycles. The maximum absolute atomic E-state index is 12.4. The van der Waals surface area contributed by atoms with Crippen LogP contribution in [-0.2, 0) is 4.74 Å². The summed E-state index contributed by atoms with van der Waals surface area (Å²) >= 11 is 0. The molecule has 0 saturated carbocycles. The van der Waals surface area contributed by atoms with E-state index in [4.69, 9.17) is 14.2 Å². The van der Waals surface area contributed by atoms with Gasteiger partial charge in [-0.15, -0.1) is 0 Å². The van der Waals surface area contributed by atoms with E-state index in [2.05, 4.69) is 15.3 Å². The van der Waals surface area contributed by atoms with Crippen molar-refractivity contribution >= 4 is 5.91 Å². The van der Waals surface area contributed by atoms with E-state index in [1.807, 2.05) is 31.2 Å². The number of aromatic nitrogens is 2. The number of methoxy groups -OCH3 is 1. The summed E-state index contributed by atoms with van der Waals surface area (Å²) < 4.78 is 16.2. The van der Waals surface area contributed by atoms with Crippen LogP contribution in [0.15, 0.2) is 60.9 Å². The molecule has 0 aliphatic rings. The molecule has 3 aromatic rings. The predicted octanol–water partition coefficient (Wildman–Crippen LogP) is 4.10. The first kappa shape index (κ1) is 21.3. The monoisotopic (exact) mass is 407 g/mol. The number of benzene rings is 2. The van der Waals surface area contributed by atoms with Crippen molar-refractivity contribution in [3.8, 4) is 28.6 Å². The van der Waals surface area contributed by atoms with Gasteiger partial charge in [-0.1, -0.05) is 12.1 Å². The van der Waals surface area contributed by atoms with E-state index in [-0.39, 0.29) is 5.91 Å². The smallest absolute Gasteiger partial charge is 0.251 e. The zero-order valence-corrected chi connectivity index (χ0v) is 17.1. The van der Waals surface area contributed by atoms with E-state index >= 15 is 0 Å². The molecule has 1 heterocycles. The molecule has 2 aromatic carbocycles. The SMILES string of the molecule is CCOCCCNC(=O)c1cccc(-c2cc(Oc3ccc(OC)cc3)ncn2)c1. The molecule has 30 heavy (non-hydrogen) atoms. The van der Waals surface area contributed by atoms with Crippen molar-refractivity contribution < 1.29 is 19.0 Å². The van der Waals surface area contributed by atoms with E-state index in [0.717, 1.165) is 17.7 Å². The summed E-state index contributed by atoms with van der Waals surface area (Å²) in [5.41, 5.74) is 2.04. The molecule has 1 aromatic heterocycles. The Morgan fingerprint density at radius 2 is 1.83 bits per heavy atom. The Morgan fingerprint density at radius 1 is 1.03 bits per heavy atom. The van der Waals surface area contributed by atoms with Crippen LogP contribution < -0.4 is 14.8 Å². The molecule has 0 radical (unpaired) electrons. The molecule has 7 nitrogen and oxygen atoms in total. The second-order valence-electron chi connectivity index (χ2n) is 6.41. The van der Waals surface area contributed by atoms with Crippen LogP contribution in [0.1, 0.15) is 23.7 Å². The van der Waals surface area contributed by atoms with Crippen molar-refractivity contribution in [2.24, 2.45) is 0 Å². The molecule has 0 bridgehead atoms. The van der Waals surface area contributed by atoms with Crippen LogP contribution in [-0.4, -0.2) is 42.7 Å². The third kappa shape index (κ3) is 6.02. The Kier molecular flexibility index (Phi) is 7.74. The summed E-state index contributed by atoms with van der Waals surface area (Å²) in [6.07, 6.45) is 2.21. The number of hydrogen-bond acceptors (Lipinski definition) is 6. The first-order valence-corrected chi connectivity index (χ1v) is 9.80. The average Bonchev–Trinajstić information content (AvgIpc) is 2.79. The number of hydrogen-bond donors (Lipinski definition) is 1. The van der Waals surface area contributed by atoms with Crippen molar-refractivity contribution in [3.05, 3.63) is 66.5 Å². The molecule has 0 aliphatic heterocycles. The van der Waals surface area contributed by atoms with Gasteiger partial charge in [0.25, 0.3) is 5.91 Å². The highest BCUT2D eigenvalue weighted by molar-refractivity contribution is 5.95. The van der Waals surface area contributed by atoms with Crippen molar-refractivity contribution in [1.82, 2.24) is 15.3 Å². The van der Waals surface area contributed by atoms with Gasteiger partial charge in [-0.25, -0.2) is 9.97 Å². The van der Waals surface area contributed by atoms with Gasteiger partial charge in [0.1, 0.15) is 17.8 Å². The lowest BCUT2D eigenvalue weighted by Crippen LogP contribution is -2.25. The largest absolute Gasteiger partial charge is 0.497 e. The van der Waals surface area contributed by atoms with Gasteiger partial charge >= 0.3 is 0 Å². The average molecular weight is 407 g/mol. The van der Waals surface area contributed by atoms with Crippen LogP contribution in [0.4, 0.5) is 0 Å². The Hall–Kier alpha value is -3.45. The van der Waals surface area contributed by atoms with Crippen LogP contribution in [0.2, 0.25) is 0 Å². The maximum Gasteiger partial charge on any atom is 0.251 e. The van der Waals surface area contributed by atoms with Crippen LogP contribution in [0.5, 0.6) is 17.4 Å². The summed E-state index contributed by atoms with van der Waals surface area (Å²) in [6.45, 7) is 3.83. The summed E-state index contributed by atoms with van der Waals surface area (Å²) in [6, 6.07) is 16.3. The van der Waals surface area contributed by atoms with Gasteiger partial charge in [-0.3, -0.25) is 4.79 Å².